The fourth-order valence-electron chi connectivity index (χ4n) is 2.43. The molecule has 2 amide bonds. The molecule has 22 heavy (non-hydrogen) atoms. The average Bonchev–Trinajstić information content (AvgIpc) is 2.47. The second kappa shape index (κ2) is 6.82. The Balaban J connectivity index is 1.91. The van der Waals surface area contributed by atoms with Crippen molar-refractivity contribution in [2.45, 2.75) is 39.7 Å². The Morgan fingerprint density at radius 1 is 1.18 bits per heavy atom. The number of carbonyl (C=O) groups excluding carboxylic acids is 2. The van der Waals surface area contributed by atoms with Gasteiger partial charge < -0.3 is 10.2 Å². The normalized spacial score (nSPS) is 16.5. The Kier molecular flexibility index (Phi) is 5.27. The van der Waals surface area contributed by atoms with Crippen LogP contribution in [0.25, 0.3) is 0 Å². The van der Waals surface area contributed by atoms with Gasteiger partial charge in [-0.2, -0.15) is 0 Å². The van der Waals surface area contributed by atoms with E-state index in [9.17, 15) is 9.59 Å². The monoisotopic (exact) mass is 366 g/mol. The summed E-state index contributed by atoms with van der Waals surface area (Å²) in [6.45, 7) is 7.08. The summed E-state index contributed by atoms with van der Waals surface area (Å²) < 4.78 is 0.822. The maximum absolute atomic E-state index is 12.5. The van der Waals surface area contributed by atoms with Crippen molar-refractivity contribution in [3.8, 4) is 0 Å². The minimum atomic E-state index is -0.373. The lowest BCUT2D eigenvalue weighted by molar-refractivity contribution is -0.129. The molecule has 1 aliphatic rings. The number of rotatable bonds is 2. The van der Waals surface area contributed by atoms with Gasteiger partial charge in [-0.1, -0.05) is 32.9 Å². The van der Waals surface area contributed by atoms with Crippen molar-refractivity contribution in [2.24, 2.45) is 5.41 Å². The Labute approximate surface area is 140 Å². The molecule has 0 bridgehead atoms. The van der Waals surface area contributed by atoms with Gasteiger partial charge in [0.05, 0.1) is 5.56 Å². The molecule has 1 N–H and O–H groups in total. The van der Waals surface area contributed by atoms with Crippen LogP contribution in [-0.4, -0.2) is 35.8 Å². The van der Waals surface area contributed by atoms with E-state index in [4.69, 9.17) is 0 Å². The number of halogens is 1. The number of likely N-dealkylation sites (tertiary alicyclic amines) is 1. The lowest BCUT2D eigenvalue weighted by Gasteiger charge is -2.34. The van der Waals surface area contributed by atoms with Gasteiger partial charge in [0, 0.05) is 29.0 Å². The summed E-state index contributed by atoms with van der Waals surface area (Å²) in [6, 6.07) is 7.64. The van der Waals surface area contributed by atoms with Gasteiger partial charge in [0.2, 0.25) is 5.91 Å². The highest BCUT2D eigenvalue weighted by Gasteiger charge is 2.28. The molecule has 1 saturated heterocycles. The molecule has 1 heterocycles. The molecule has 0 aliphatic carbocycles. The Morgan fingerprint density at radius 2 is 1.77 bits per heavy atom. The third-order valence-electron chi connectivity index (χ3n) is 3.90. The largest absolute Gasteiger partial charge is 0.353 e. The van der Waals surface area contributed by atoms with E-state index in [1.807, 2.05) is 49.9 Å². The van der Waals surface area contributed by atoms with Gasteiger partial charge in [-0.05, 0) is 40.9 Å². The second-order valence-electron chi connectivity index (χ2n) is 6.77. The summed E-state index contributed by atoms with van der Waals surface area (Å²) in [7, 11) is 0. The van der Waals surface area contributed by atoms with Crippen molar-refractivity contribution in [3.63, 3.8) is 0 Å². The quantitative estimate of drug-likeness (QED) is 0.873. The van der Waals surface area contributed by atoms with Gasteiger partial charge >= 0.3 is 0 Å². The highest BCUT2D eigenvalue weighted by Crippen LogP contribution is 2.21. The number of nitrogens with zero attached hydrogens (tertiary/aromatic N) is 1. The molecule has 5 heteroatoms. The molecular formula is C17H23BrN2O2. The molecule has 0 saturated carbocycles. The van der Waals surface area contributed by atoms with Crippen LogP contribution in [0.3, 0.4) is 0 Å². The third-order valence-corrected chi connectivity index (χ3v) is 4.59. The number of piperidine rings is 1. The highest BCUT2D eigenvalue weighted by atomic mass is 79.9. The lowest BCUT2D eigenvalue weighted by atomic mass is 9.94. The van der Waals surface area contributed by atoms with E-state index in [1.165, 1.54) is 0 Å². The zero-order valence-corrected chi connectivity index (χ0v) is 14.9. The van der Waals surface area contributed by atoms with Crippen LogP contribution < -0.4 is 5.32 Å². The Morgan fingerprint density at radius 3 is 2.32 bits per heavy atom. The van der Waals surface area contributed by atoms with Crippen molar-refractivity contribution in [1.82, 2.24) is 10.2 Å². The van der Waals surface area contributed by atoms with Gasteiger partial charge in [0.25, 0.3) is 5.91 Å². The summed E-state index contributed by atoms with van der Waals surface area (Å²) in [6.07, 6.45) is 1.61. The Hall–Kier alpha value is -1.36. The zero-order chi connectivity index (χ0) is 16.3. The number of benzene rings is 1. The van der Waals surface area contributed by atoms with Crippen LogP contribution in [0.4, 0.5) is 0 Å². The van der Waals surface area contributed by atoms with Crippen molar-refractivity contribution in [2.75, 3.05) is 13.1 Å². The topological polar surface area (TPSA) is 49.4 Å². The number of hydrogen-bond donors (Lipinski definition) is 1. The first-order valence-corrected chi connectivity index (χ1v) is 8.43. The van der Waals surface area contributed by atoms with Crippen LogP contribution in [0.5, 0.6) is 0 Å². The predicted molar refractivity (Wildman–Crippen MR) is 90.7 cm³/mol. The number of carbonyl (C=O) groups is 2. The number of hydrogen-bond acceptors (Lipinski definition) is 2. The van der Waals surface area contributed by atoms with Crippen LogP contribution >= 0.6 is 15.9 Å². The molecule has 4 nitrogen and oxygen atoms in total. The van der Waals surface area contributed by atoms with Crippen molar-refractivity contribution >= 4 is 27.7 Å². The van der Waals surface area contributed by atoms with E-state index < -0.39 is 0 Å². The fraction of sp³-hybridized carbons (Fsp3) is 0.529. The third kappa shape index (κ3) is 4.09. The first kappa shape index (κ1) is 17.0. The molecule has 1 aliphatic heterocycles. The van der Waals surface area contributed by atoms with Gasteiger partial charge in [-0.3, -0.25) is 9.59 Å². The van der Waals surface area contributed by atoms with Gasteiger partial charge in [-0.15, -0.1) is 0 Å². The van der Waals surface area contributed by atoms with E-state index in [2.05, 4.69) is 21.2 Å². The van der Waals surface area contributed by atoms with Crippen LogP contribution in [-0.2, 0) is 4.79 Å². The first-order valence-electron chi connectivity index (χ1n) is 7.64. The summed E-state index contributed by atoms with van der Waals surface area (Å²) in [5.41, 5.74) is 0.321. The van der Waals surface area contributed by atoms with Gasteiger partial charge in [-0.25, -0.2) is 0 Å². The maximum Gasteiger partial charge on any atom is 0.254 e. The van der Waals surface area contributed by atoms with E-state index in [0.29, 0.717) is 18.7 Å². The smallest absolute Gasteiger partial charge is 0.254 e. The molecule has 0 unspecified atom stereocenters. The Bertz CT molecular complexity index is 558. The van der Waals surface area contributed by atoms with Crippen molar-refractivity contribution < 1.29 is 9.59 Å². The summed E-state index contributed by atoms with van der Waals surface area (Å²) in [5.74, 6) is 0.121. The molecule has 0 aromatic heterocycles. The molecular weight excluding hydrogens is 344 g/mol. The molecule has 0 radical (unpaired) electrons. The zero-order valence-electron chi connectivity index (χ0n) is 13.4. The maximum atomic E-state index is 12.5. The van der Waals surface area contributed by atoms with E-state index >= 15 is 0 Å². The average molecular weight is 367 g/mol. The summed E-state index contributed by atoms with van der Waals surface area (Å²) in [4.78, 5) is 26.4. The van der Waals surface area contributed by atoms with E-state index in [-0.39, 0.29) is 23.3 Å². The lowest BCUT2D eigenvalue weighted by Crippen LogP contribution is -2.49. The fourth-order valence-corrected chi connectivity index (χ4v) is 2.89. The standard InChI is InChI=1S/C17H23BrN2O2/c1-17(2,3)16(22)19-12-8-10-20(11-9-12)15(21)13-6-4-5-7-14(13)18/h4-7,12H,8-11H2,1-3H3,(H,19,22). The summed E-state index contributed by atoms with van der Waals surface area (Å²) >= 11 is 3.43. The van der Waals surface area contributed by atoms with E-state index in [0.717, 1.165) is 17.3 Å². The predicted octanol–water partition coefficient (Wildman–Crippen LogP) is 3.22. The molecule has 0 atom stereocenters. The summed E-state index contributed by atoms with van der Waals surface area (Å²) in [5, 5.41) is 3.08. The molecule has 120 valence electrons. The van der Waals surface area contributed by atoms with Crippen LogP contribution in [0.2, 0.25) is 0 Å². The van der Waals surface area contributed by atoms with Gasteiger partial charge in [0.15, 0.2) is 0 Å². The molecule has 1 fully saturated rings. The van der Waals surface area contributed by atoms with Crippen molar-refractivity contribution in [1.29, 1.82) is 0 Å². The second-order valence-corrected chi connectivity index (χ2v) is 7.62. The van der Waals surface area contributed by atoms with Crippen LogP contribution in [0.1, 0.15) is 44.0 Å². The first-order chi connectivity index (χ1) is 10.3. The molecule has 2 rings (SSSR count). The SMILES string of the molecule is CC(C)(C)C(=O)NC1CCN(C(=O)c2ccccc2Br)CC1. The van der Waals surface area contributed by atoms with E-state index in [1.54, 1.807) is 0 Å². The van der Waals surface area contributed by atoms with Crippen LogP contribution in [0.15, 0.2) is 28.7 Å². The van der Waals surface area contributed by atoms with Crippen LogP contribution in [0, 0.1) is 5.41 Å². The minimum absolute atomic E-state index is 0.0491. The number of amides is 2. The molecule has 1 aromatic rings. The highest BCUT2D eigenvalue weighted by molar-refractivity contribution is 9.10. The van der Waals surface area contributed by atoms with Crippen molar-refractivity contribution in [3.05, 3.63) is 34.3 Å². The number of nitrogens with one attached hydrogen (secondary N) is 1. The minimum Gasteiger partial charge on any atom is -0.353 e. The molecule has 1 aromatic carbocycles. The van der Waals surface area contributed by atoms with Gasteiger partial charge in [0.1, 0.15) is 0 Å². The molecule has 0 spiro atoms.